The summed E-state index contributed by atoms with van der Waals surface area (Å²) >= 11 is 3.62. The van der Waals surface area contributed by atoms with E-state index in [0.717, 1.165) is 46.5 Å². The molecule has 1 aliphatic rings. The molecule has 1 fully saturated rings. The summed E-state index contributed by atoms with van der Waals surface area (Å²) < 4.78 is 21.6. The van der Waals surface area contributed by atoms with Crippen LogP contribution in [-0.4, -0.2) is 35.4 Å². The fourth-order valence-electron chi connectivity index (χ4n) is 5.46. The van der Waals surface area contributed by atoms with Gasteiger partial charge in [0.25, 0.3) is 5.91 Å². The van der Waals surface area contributed by atoms with E-state index in [2.05, 4.69) is 21.2 Å². The molecular weight excluding hydrogens is 583 g/mol. The van der Waals surface area contributed by atoms with Gasteiger partial charge in [0.05, 0.1) is 4.47 Å². The molecular formula is C34H34BrFN2O3. The maximum atomic E-state index is 14.9. The Labute approximate surface area is 248 Å². The number of nitrogens with one attached hydrogen (secondary N) is 1. The number of amides is 2. The minimum atomic E-state index is -0.838. The zero-order chi connectivity index (χ0) is 28.6. The maximum Gasteiger partial charge on any atom is 0.261 e. The minimum absolute atomic E-state index is 0.0522. The Morgan fingerprint density at radius 1 is 0.902 bits per heavy atom. The van der Waals surface area contributed by atoms with Crippen molar-refractivity contribution in [3.8, 4) is 5.75 Å². The summed E-state index contributed by atoms with van der Waals surface area (Å²) in [5.41, 5.74) is 1.26. The van der Waals surface area contributed by atoms with E-state index >= 15 is 0 Å². The molecule has 0 aliphatic heterocycles. The van der Waals surface area contributed by atoms with Crippen LogP contribution in [0, 0.1) is 5.82 Å². The predicted molar refractivity (Wildman–Crippen MR) is 163 cm³/mol. The van der Waals surface area contributed by atoms with Crippen LogP contribution in [-0.2, 0) is 22.6 Å². The molecule has 1 unspecified atom stereocenters. The van der Waals surface area contributed by atoms with Crippen LogP contribution < -0.4 is 10.1 Å². The van der Waals surface area contributed by atoms with Gasteiger partial charge in [-0.05, 0) is 57.2 Å². The number of ether oxygens (including phenoxy) is 1. The third-order valence-corrected chi connectivity index (χ3v) is 8.52. The van der Waals surface area contributed by atoms with E-state index in [0.29, 0.717) is 17.7 Å². The number of nitrogens with zero attached hydrogens (tertiary/aromatic N) is 1. The number of carbonyl (C=O) groups is 2. The van der Waals surface area contributed by atoms with Gasteiger partial charge in [-0.25, -0.2) is 4.39 Å². The van der Waals surface area contributed by atoms with Crippen molar-refractivity contribution in [2.75, 3.05) is 6.61 Å². The third kappa shape index (κ3) is 7.33. The Kier molecular flexibility index (Phi) is 9.67. The first kappa shape index (κ1) is 28.8. The highest BCUT2D eigenvalue weighted by atomic mass is 79.9. The van der Waals surface area contributed by atoms with Gasteiger partial charge in [-0.1, -0.05) is 98.1 Å². The van der Waals surface area contributed by atoms with Crippen LogP contribution in [0.4, 0.5) is 4.39 Å². The zero-order valence-electron chi connectivity index (χ0n) is 22.9. The van der Waals surface area contributed by atoms with Crippen LogP contribution in [0.2, 0.25) is 0 Å². The number of hydrogen-bond acceptors (Lipinski definition) is 3. The first-order valence-electron chi connectivity index (χ1n) is 14.2. The first-order chi connectivity index (χ1) is 20.0. The highest BCUT2D eigenvalue weighted by molar-refractivity contribution is 9.10. The van der Waals surface area contributed by atoms with Gasteiger partial charge < -0.3 is 15.0 Å². The van der Waals surface area contributed by atoms with Crippen molar-refractivity contribution >= 4 is 38.5 Å². The summed E-state index contributed by atoms with van der Waals surface area (Å²) in [6, 6.07) is 26.9. The average Bonchev–Trinajstić information content (AvgIpc) is 3.00. The molecule has 2 amide bonds. The molecule has 5 rings (SSSR count). The Morgan fingerprint density at radius 3 is 2.39 bits per heavy atom. The number of rotatable bonds is 10. The van der Waals surface area contributed by atoms with Crippen molar-refractivity contribution in [3.05, 3.63) is 112 Å². The molecule has 0 aromatic heterocycles. The van der Waals surface area contributed by atoms with E-state index in [1.54, 1.807) is 18.2 Å². The second-order valence-corrected chi connectivity index (χ2v) is 11.3. The second kappa shape index (κ2) is 13.8. The smallest absolute Gasteiger partial charge is 0.261 e. The van der Waals surface area contributed by atoms with Crippen molar-refractivity contribution in [1.29, 1.82) is 0 Å². The van der Waals surface area contributed by atoms with Gasteiger partial charge in [0.1, 0.15) is 17.6 Å². The minimum Gasteiger partial charge on any atom is -0.483 e. The fraction of sp³-hybridized carbons (Fsp3) is 0.294. The summed E-state index contributed by atoms with van der Waals surface area (Å²) in [4.78, 5) is 29.3. The fourth-order valence-corrected chi connectivity index (χ4v) is 6.06. The van der Waals surface area contributed by atoms with E-state index in [4.69, 9.17) is 4.74 Å². The molecule has 5 nitrogen and oxygen atoms in total. The second-order valence-electron chi connectivity index (χ2n) is 10.5. The Bertz CT molecular complexity index is 1490. The molecule has 0 heterocycles. The van der Waals surface area contributed by atoms with Crippen LogP contribution in [0.25, 0.3) is 10.8 Å². The molecule has 1 saturated carbocycles. The lowest BCUT2D eigenvalue weighted by molar-refractivity contribution is -0.143. The number of benzene rings is 4. The maximum absolute atomic E-state index is 14.9. The summed E-state index contributed by atoms with van der Waals surface area (Å²) in [5.74, 6) is -0.519. The Morgan fingerprint density at radius 2 is 1.61 bits per heavy atom. The molecule has 4 aromatic carbocycles. The molecule has 41 heavy (non-hydrogen) atoms. The average molecular weight is 618 g/mol. The molecule has 7 heteroatoms. The van der Waals surface area contributed by atoms with Gasteiger partial charge >= 0.3 is 0 Å². The van der Waals surface area contributed by atoms with Crippen LogP contribution in [0.3, 0.4) is 0 Å². The van der Waals surface area contributed by atoms with Gasteiger partial charge in [-0.3, -0.25) is 9.59 Å². The van der Waals surface area contributed by atoms with E-state index in [-0.39, 0.29) is 25.1 Å². The molecule has 1 N–H and O–H groups in total. The Hall–Kier alpha value is -3.71. The van der Waals surface area contributed by atoms with Crippen molar-refractivity contribution in [2.45, 2.75) is 57.2 Å². The van der Waals surface area contributed by atoms with Crippen LogP contribution in [0.15, 0.2) is 95.5 Å². The largest absolute Gasteiger partial charge is 0.483 e. The van der Waals surface area contributed by atoms with Crippen molar-refractivity contribution in [2.24, 2.45) is 0 Å². The number of halogens is 2. The lowest BCUT2D eigenvalue weighted by Crippen LogP contribution is -2.53. The lowest BCUT2D eigenvalue weighted by Gasteiger charge is -2.33. The molecule has 0 saturated heterocycles. The standard InChI is InChI=1S/C34H34BrFN2O3/c35-33-28-17-9-7-13-25(28)19-20-31(33)41-23-32(39)38(22-26-14-8-10-18-29(26)36)30(21-24-11-3-1-4-12-24)34(40)37-27-15-5-2-6-16-27/h1,3-4,7-14,17-20,27,30H,2,5-6,15-16,21-23H2,(H,37,40). The number of fused-ring (bicyclic) bond motifs is 1. The monoisotopic (exact) mass is 616 g/mol. The van der Waals surface area contributed by atoms with Gasteiger partial charge in [0, 0.05) is 24.6 Å². The van der Waals surface area contributed by atoms with Crippen molar-refractivity contribution in [3.63, 3.8) is 0 Å². The van der Waals surface area contributed by atoms with Crippen LogP contribution in [0.1, 0.15) is 43.2 Å². The molecule has 0 bridgehead atoms. The van der Waals surface area contributed by atoms with Crippen molar-refractivity contribution < 1.29 is 18.7 Å². The van der Waals surface area contributed by atoms with E-state index < -0.39 is 17.8 Å². The van der Waals surface area contributed by atoms with Gasteiger partial charge in [0.2, 0.25) is 5.91 Å². The van der Waals surface area contributed by atoms with Gasteiger partial charge in [-0.15, -0.1) is 0 Å². The van der Waals surface area contributed by atoms with Crippen LogP contribution in [0.5, 0.6) is 5.75 Å². The lowest BCUT2D eigenvalue weighted by atomic mass is 9.94. The van der Waals surface area contributed by atoms with Gasteiger partial charge in [0.15, 0.2) is 6.61 Å². The molecule has 212 valence electrons. The molecule has 1 aliphatic carbocycles. The number of hydrogen-bond donors (Lipinski definition) is 1. The highest BCUT2D eigenvalue weighted by Gasteiger charge is 2.32. The summed E-state index contributed by atoms with van der Waals surface area (Å²) in [6.07, 6.45) is 5.45. The third-order valence-electron chi connectivity index (χ3n) is 7.70. The van der Waals surface area contributed by atoms with E-state index in [1.807, 2.05) is 66.7 Å². The molecule has 1 atom stereocenters. The molecule has 0 radical (unpaired) electrons. The summed E-state index contributed by atoms with van der Waals surface area (Å²) in [7, 11) is 0. The van der Waals surface area contributed by atoms with Gasteiger partial charge in [-0.2, -0.15) is 0 Å². The quantitative estimate of drug-likeness (QED) is 0.205. The SMILES string of the molecule is O=C(NC1CCCCC1)C(Cc1ccccc1)N(Cc1ccccc1F)C(=O)COc1ccc2ccccc2c1Br. The zero-order valence-corrected chi connectivity index (χ0v) is 24.5. The molecule has 0 spiro atoms. The Balaban J connectivity index is 1.44. The topological polar surface area (TPSA) is 58.6 Å². The normalized spacial score (nSPS) is 14.4. The van der Waals surface area contributed by atoms with Crippen LogP contribution >= 0.6 is 15.9 Å². The number of carbonyl (C=O) groups excluding carboxylic acids is 2. The van der Waals surface area contributed by atoms with Crippen molar-refractivity contribution in [1.82, 2.24) is 10.2 Å². The van der Waals surface area contributed by atoms with E-state index in [9.17, 15) is 14.0 Å². The first-order valence-corrected chi connectivity index (χ1v) is 15.0. The molecule has 4 aromatic rings. The van der Waals surface area contributed by atoms with E-state index in [1.165, 1.54) is 17.4 Å². The summed E-state index contributed by atoms with van der Waals surface area (Å²) in [5, 5.41) is 5.21. The highest BCUT2D eigenvalue weighted by Crippen LogP contribution is 2.33. The predicted octanol–water partition coefficient (Wildman–Crippen LogP) is 7.21. The summed E-state index contributed by atoms with van der Waals surface area (Å²) in [6.45, 7) is -0.350.